The van der Waals surface area contributed by atoms with Gasteiger partial charge in [-0.2, -0.15) is 0 Å². The van der Waals surface area contributed by atoms with Crippen molar-refractivity contribution in [3.05, 3.63) is 44.5 Å². The van der Waals surface area contributed by atoms with Gasteiger partial charge in [-0.15, -0.1) is 0 Å². The van der Waals surface area contributed by atoms with Gasteiger partial charge in [0.25, 0.3) is 0 Å². The minimum Gasteiger partial charge on any atom is -0.548 e. The number of carboxylic acid groups (broad SMARTS) is 1. The predicted molar refractivity (Wildman–Crippen MR) is 116 cm³/mol. The van der Waals surface area contributed by atoms with Gasteiger partial charge >= 0.3 is 5.63 Å². The molecular formula is C24H28NO6-. The monoisotopic (exact) mass is 426 g/mol. The molecular weight excluding hydrogens is 398 g/mol. The van der Waals surface area contributed by atoms with E-state index in [2.05, 4.69) is 5.32 Å². The maximum absolute atomic E-state index is 12.7. The third-order valence-electron chi connectivity index (χ3n) is 5.87. The van der Waals surface area contributed by atoms with Crippen molar-refractivity contribution in [2.75, 3.05) is 0 Å². The Bertz CT molecular complexity index is 1230. The van der Waals surface area contributed by atoms with Gasteiger partial charge in [-0.05, 0) is 63.6 Å². The van der Waals surface area contributed by atoms with Crippen LogP contribution in [0.3, 0.4) is 0 Å². The molecule has 0 bridgehead atoms. The third kappa shape index (κ3) is 4.36. The summed E-state index contributed by atoms with van der Waals surface area (Å²) in [6.07, 6.45) is 0.409. The van der Waals surface area contributed by atoms with Crippen molar-refractivity contribution in [3.63, 3.8) is 0 Å². The molecule has 1 amide bonds. The Morgan fingerprint density at radius 1 is 1.00 bits per heavy atom. The van der Waals surface area contributed by atoms with Gasteiger partial charge in [-0.3, -0.25) is 4.79 Å². The summed E-state index contributed by atoms with van der Waals surface area (Å²) in [5.74, 6) is -0.849. The summed E-state index contributed by atoms with van der Waals surface area (Å²) < 4.78 is 11.5. The van der Waals surface area contributed by atoms with Gasteiger partial charge in [0.15, 0.2) is 0 Å². The maximum atomic E-state index is 12.7. The molecule has 0 unspecified atom stereocenters. The summed E-state index contributed by atoms with van der Waals surface area (Å²) in [7, 11) is 0. The highest BCUT2D eigenvalue weighted by atomic mass is 16.4. The maximum Gasteiger partial charge on any atom is 0.339 e. The summed E-state index contributed by atoms with van der Waals surface area (Å²) in [6.45, 7) is 11.3. The second kappa shape index (κ2) is 8.57. The van der Waals surface area contributed by atoms with Crippen LogP contribution in [0.2, 0.25) is 0 Å². The molecule has 7 nitrogen and oxygen atoms in total. The van der Waals surface area contributed by atoms with Crippen LogP contribution >= 0.6 is 0 Å². The number of aryl methyl sites for hydroxylation is 4. The lowest BCUT2D eigenvalue weighted by molar-refractivity contribution is -0.308. The fourth-order valence-corrected chi connectivity index (χ4v) is 3.97. The Morgan fingerprint density at radius 3 is 2.23 bits per heavy atom. The van der Waals surface area contributed by atoms with Crippen LogP contribution in [0, 0.1) is 33.6 Å². The molecule has 3 rings (SSSR count). The van der Waals surface area contributed by atoms with E-state index in [-0.39, 0.29) is 25.2 Å². The van der Waals surface area contributed by atoms with Crippen molar-refractivity contribution in [1.82, 2.24) is 5.32 Å². The van der Waals surface area contributed by atoms with E-state index in [1.807, 2.05) is 47.6 Å². The third-order valence-corrected chi connectivity index (χ3v) is 5.87. The van der Waals surface area contributed by atoms with Crippen molar-refractivity contribution in [2.45, 2.75) is 66.8 Å². The zero-order valence-electron chi connectivity index (χ0n) is 18.8. The van der Waals surface area contributed by atoms with Crippen LogP contribution < -0.4 is 16.0 Å². The van der Waals surface area contributed by atoms with Crippen molar-refractivity contribution < 1.29 is 23.5 Å². The van der Waals surface area contributed by atoms with Crippen LogP contribution in [-0.4, -0.2) is 17.9 Å². The Morgan fingerprint density at radius 2 is 1.61 bits per heavy atom. The molecule has 1 atom stereocenters. The summed E-state index contributed by atoms with van der Waals surface area (Å²) in [4.78, 5) is 36.3. The average Bonchev–Trinajstić information content (AvgIpc) is 2.96. The molecule has 0 aliphatic rings. The van der Waals surface area contributed by atoms with E-state index in [1.165, 1.54) is 0 Å². The van der Waals surface area contributed by atoms with E-state index < -0.39 is 23.5 Å². The van der Waals surface area contributed by atoms with E-state index >= 15 is 0 Å². The van der Waals surface area contributed by atoms with Gasteiger partial charge in [0.2, 0.25) is 5.91 Å². The number of amides is 1. The van der Waals surface area contributed by atoms with E-state index in [9.17, 15) is 19.5 Å². The second-order valence-corrected chi connectivity index (χ2v) is 8.60. The molecule has 1 aromatic carbocycles. The van der Waals surface area contributed by atoms with E-state index in [0.717, 1.165) is 33.2 Å². The SMILES string of the molecule is Cc1oc2c(C)c3oc(=O)c(CCC(=O)N[C@@H](CC(C)C)C(=O)[O-])c(C)c3cc2c1C. The summed E-state index contributed by atoms with van der Waals surface area (Å²) >= 11 is 0. The first kappa shape index (κ1) is 22.6. The number of hydrogen-bond acceptors (Lipinski definition) is 6. The first-order chi connectivity index (χ1) is 14.5. The Labute approximate surface area is 180 Å². The molecule has 0 saturated heterocycles. The van der Waals surface area contributed by atoms with Gasteiger partial charge < -0.3 is 24.1 Å². The molecule has 0 fully saturated rings. The number of aliphatic carboxylic acids is 1. The van der Waals surface area contributed by atoms with Crippen LogP contribution in [0.15, 0.2) is 19.7 Å². The normalized spacial score (nSPS) is 12.6. The largest absolute Gasteiger partial charge is 0.548 e. The molecule has 0 radical (unpaired) electrons. The highest BCUT2D eigenvalue weighted by molar-refractivity contribution is 6.00. The van der Waals surface area contributed by atoms with Crippen LogP contribution in [0.5, 0.6) is 0 Å². The fourth-order valence-electron chi connectivity index (χ4n) is 3.97. The predicted octanol–water partition coefficient (Wildman–Crippen LogP) is 2.99. The van der Waals surface area contributed by atoms with Gasteiger partial charge in [-0.25, -0.2) is 4.79 Å². The first-order valence-electron chi connectivity index (χ1n) is 10.5. The molecule has 1 N–H and O–H groups in total. The Balaban J connectivity index is 1.91. The highest BCUT2D eigenvalue weighted by Gasteiger charge is 2.20. The molecule has 31 heavy (non-hydrogen) atoms. The number of furan rings is 1. The molecule has 2 aromatic heterocycles. The van der Waals surface area contributed by atoms with Gasteiger partial charge in [0.05, 0.1) is 12.0 Å². The molecule has 0 aliphatic heterocycles. The van der Waals surface area contributed by atoms with Crippen molar-refractivity contribution in [1.29, 1.82) is 0 Å². The van der Waals surface area contributed by atoms with E-state index in [0.29, 0.717) is 16.7 Å². The lowest BCUT2D eigenvalue weighted by Crippen LogP contribution is -2.48. The van der Waals surface area contributed by atoms with Crippen molar-refractivity contribution in [3.8, 4) is 0 Å². The standard InChI is InChI=1S/C24H29NO6/c1-11(2)9-19(23(27)28)25-20(26)8-7-16-13(4)18-10-17-12(3)15(6)30-21(17)14(5)22(18)31-24(16)29/h10-11,19H,7-9H2,1-6H3,(H,25,26)(H,27,28)/p-1/t19-/m0/s1. The van der Waals surface area contributed by atoms with Crippen LogP contribution in [0.4, 0.5) is 0 Å². The Hall–Kier alpha value is -3.09. The quantitative estimate of drug-likeness (QED) is 0.581. The van der Waals surface area contributed by atoms with E-state index in [4.69, 9.17) is 8.83 Å². The number of carboxylic acids is 1. The van der Waals surface area contributed by atoms with Crippen LogP contribution in [-0.2, 0) is 16.0 Å². The highest BCUT2D eigenvalue weighted by Crippen LogP contribution is 2.34. The number of carbonyl (C=O) groups is 2. The summed E-state index contributed by atoms with van der Waals surface area (Å²) in [5.41, 5.74) is 3.64. The molecule has 0 spiro atoms. The number of nitrogens with one attached hydrogen (secondary N) is 1. The van der Waals surface area contributed by atoms with Crippen molar-refractivity contribution in [2.24, 2.45) is 5.92 Å². The Kier molecular flexibility index (Phi) is 6.25. The smallest absolute Gasteiger partial charge is 0.339 e. The average molecular weight is 426 g/mol. The van der Waals surface area contributed by atoms with E-state index in [1.54, 1.807) is 0 Å². The molecule has 3 aromatic rings. The topological polar surface area (TPSA) is 113 Å². The van der Waals surface area contributed by atoms with Gasteiger partial charge in [-0.1, -0.05) is 13.8 Å². The minimum absolute atomic E-state index is 0.0238. The first-order valence-corrected chi connectivity index (χ1v) is 10.5. The van der Waals surface area contributed by atoms with Crippen LogP contribution in [0.25, 0.3) is 21.9 Å². The number of benzene rings is 1. The van der Waals surface area contributed by atoms with Gasteiger partial charge in [0, 0.05) is 28.3 Å². The number of carbonyl (C=O) groups excluding carboxylic acids is 2. The molecule has 0 aliphatic carbocycles. The molecule has 166 valence electrons. The van der Waals surface area contributed by atoms with Gasteiger partial charge in [0.1, 0.15) is 16.9 Å². The lowest BCUT2D eigenvalue weighted by atomic mass is 9.98. The number of fused-ring (bicyclic) bond motifs is 2. The number of hydrogen-bond donors (Lipinski definition) is 1. The zero-order valence-corrected chi connectivity index (χ0v) is 18.8. The summed E-state index contributed by atoms with van der Waals surface area (Å²) in [6, 6.07) is 0.907. The van der Waals surface area contributed by atoms with Crippen molar-refractivity contribution >= 4 is 33.8 Å². The molecule has 0 saturated carbocycles. The fraction of sp³-hybridized carbons (Fsp3) is 0.458. The lowest BCUT2D eigenvalue weighted by Gasteiger charge is -2.21. The molecule has 7 heteroatoms. The zero-order chi connectivity index (χ0) is 23.0. The number of rotatable bonds is 7. The molecule has 2 heterocycles. The van der Waals surface area contributed by atoms with Crippen LogP contribution in [0.1, 0.15) is 54.7 Å². The summed E-state index contributed by atoms with van der Waals surface area (Å²) in [5, 5.41) is 15.5. The second-order valence-electron chi connectivity index (χ2n) is 8.60. The minimum atomic E-state index is -1.31.